The zero-order chi connectivity index (χ0) is 21.1. The number of H-pyrrole nitrogens is 1. The van der Waals surface area contributed by atoms with Crippen LogP contribution in [0, 0.1) is 40.6 Å². The number of nitrogens with zero attached hydrogens (tertiary/aromatic N) is 4. The van der Waals surface area contributed by atoms with Crippen molar-refractivity contribution in [3.63, 3.8) is 0 Å². The largest absolute Gasteiger partial charge is 0.454 e. The molecule has 4 aromatic rings. The molecule has 8 heteroatoms. The number of nitrogens with one attached hydrogen (secondary N) is 1. The van der Waals surface area contributed by atoms with Gasteiger partial charge in [0.1, 0.15) is 23.3 Å². The lowest BCUT2D eigenvalue weighted by atomic mass is 10.3. The van der Waals surface area contributed by atoms with Crippen molar-refractivity contribution in [3.05, 3.63) is 68.8 Å². The summed E-state index contributed by atoms with van der Waals surface area (Å²) in [5.74, 6) is 0.690. The van der Waals surface area contributed by atoms with Crippen LogP contribution in [0.2, 0.25) is 0 Å². The van der Waals surface area contributed by atoms with E-state index in [1.807, 2.05) is 54.6 Å². The topological polar surface area (TPSA) is 105 Å². The van der Waals surface area contributed by atoms with E-state index >= 15 is 0 Å². The van der Waals surface area contributed by atoms with Gasteiger partial charge in [-0.2, -0.15) is 10.5 Å². The molecular formula is C22H9N5OS2. The highest BCUT2D eigenvalue weighted by molar-refractivity contribution is 7.19. The summed E-state index contributed by atoms with van der Waals surface area (Å²) in [6, 6.07) is 17.0. The average Bonchev–Trinajstić information content (AvgIpc) is 3.52. The van der Waals surface area contributed by atoms with E-state index in [1.165, 1.54) is 22.7 Å². The SMILES string of the molecule is [C-]#[N+]/C(C#N)=C/c1ccc(-c2ccc(-c3cc4sc(C=C(C#N)C#N)cc4o3)[nH]2)s1. The summed E-state index contributed by atoms with van der Waals surface area (Å²) in [5, 5.41) is 26.6. The minimum Gasteiger partial charge on any atom is -0.454 e. The van der Waals surface area contributed by atoms with Crippen LogP contribution in [-0.4, -0.2) is 4.98 Å². The summed E-state index contributed by atoms with van der Waals surface area (Å²) in [5.41, 5.74) is 2.53. The predicted molar refractivity (Wildman–Crippen MR) is 117 cm³/mol. The summed E-state index contributed by atoms with van der Waals surface area (Å²) in [7, 11) is 0. The molecule has 1 N–H and O–H groups in total. The first-order chi connectivity index (χ1) is 14.6. The van der Waals surface area contributed by atoms with Gasteiger partial charge in [-0.25, -0.2) is 10.1 Å². The quantitative estimate of drug-likeness (QED) is 0.301. The molecule has 0 saturated carbocycles. The van der Waals surface area contributed by atoms with Crippen molar-refractivity contribution in [2.45, 2.75) is 0 Å². The Labute approximate surface area is 179 Å². The highest BCUT2D eigenvalue weighted by atomic mass is 32.1. The molecule has 0 bridgehead atoms. The fourth-order valence-corrected chi connectivity index (χ4v) is 4.66. The van der Waals surface area contributed by atoms with Crippen molar-refractivity contribution in [2.24, 2.45) is 0 Å². The van der Waals surface area contributed by atoms with E-state index in [0.717, 1.165) is 30.7 Å². The van der Waals surface area contributed by atoms with Gasteiger partial charge in [0.25, 0.3) is 5.70 Å². The molecule has 0 spiro atoms. The van der Waals surface area contributed by atoms with Gasteiger partial charge in [-0.15, -0.1) is 22.7 Å². The molecule has 0 aromatic carbocycles. The van der Waals surface area contributed by atoms with E-state index in [1.54, 1.807) is 12.2 Å². The van der Waals surface area contributed by atoms with Crippen molar-refractivity contribution in [3.8, 4) is 40.2 Å². The Balaban J connectivity index is 1.60. The van der Waals surface area contributed by atoms with Crippen LogP contribution < -0.4 is 0 Å². The highest BCUT2D eigenvalue weighted by Crippen LogP contribution is 2.36. The second kappa shape index (κ2) is 7.95. The molecule has 4 rings (SSSR count). The van der Waals surface area contributed by atoms with Crippen LogP contribution in [0.5, 0.6) is 0 Å². The first-order valence-corrected chi connectivity index (χ1v) is 10.1. The number of aromatic amines is 1. The lowest BCUT2D eigenvalue weighted by Gasteiger charge is -1.93. The van der Waals surface area contributed by atoms with E-state index in [0.29, 0.717) is 11.3 Å². The lowest BCUT2D eigenvalue weighted by Crippen LogP contribution is -1.74. The maximum absolute atomic E-state index is 8.89. The van der Waals surface area contributed by atoms with Gasteiger partial charge in [0, 0.05) is 15.8 Å². The molecular weight excluding hydrogens is 414 g/mol. The van der Waals surface area contributed by atoms with Crippen molar-refractivity contribution >= 4 is 45.1 Å². The number of furan rings is 1. The van der Waals surface area contributed by atoms with Gasteiger partial charge < -0.3 is 9.40 Å². The summed E-state index contributed by atoms with van der Waals surface area (Å²) >= 11 is 2.93. The minimum atomic E-state index is 0.0524. The Morgan fingerprint density at radius 2 is 1.77 bits per heavy atom. The van der Waals surface area contributed by atoms with Gasteiger partial charge >= 0.3 is 0 Å². The predicted octanol–water partition coefficient (Wildman–Crippen LogP) is 6.43. The van der Waals surface area contributed by atoms with Crippen LogP contribution in [0.3, 0.4) is 0 Å². The molecule has 30 heavy (non-hydrogen) atoms. The fraction of sp³-hybridized carbons (Fsp3) is 0. The molecule has 0 aliphatic rings. The van der Waals surface area contributed by atoms with E-state index < -0.39 is 0 Å². The van der Waals surface area contributed by atoms with Crippen molar-refractivity contribution in [2.75, 3.05) is 0 Å². The summed E-state index contributed by atoms with van der Waals surface area (Å²) in [6.07, 6.45) is 3.11. The molecule has 4 heterocycles. The molecule has 140 valence electrons. The first kappa shape index (κ1) is 19.0. The van der Waals surface area contributed by atoms with Crippen LogP contribution in [0.1, 0.15) is 9.75 Å². The summed E-state index contributed by atoms with van der Waals surface area (Å²) in [4.78, 5) is 9.12. The Kier molecular flexibility index (Phi) is 5.04. The molecule has 0 amide bonds. The molecule has 0 fully saturated rings. The third-order valence-corrected chi connectivity index (χ3v) is 6.19. The van der Waals surface area contributed by atoms with Crippen molar-refractivity contribution in [1.82, 2.24) is 4.98 Å². The van der Waals surface area contributed by atoms with Crippen LogP contribution in [0.25, 0.3) is 49.3 Å². The van der Waals surface area contributed by atoms with E-state index in [-0.39, 0.29) is 11.3 Å². The smallest absolute Gasteiger partial charge is 0.263 e. The molecule has 0 radical (unpaired) electrons. The molecule has 0 saturated heterocycles. The number of allylic oxidation sites excluding steroid dienone is 2. The standard InChI is InChI=1S/C22H9N5OS2/c1-26-14(12-25)7-15-2-5-21(29-15)18-4-3-17(27-18)19-9-22-20(28-19)8-16(30-22)6-13(10-23)11-24/h2-9,27H/b14-7+. The van der Waals surface area contributed by atoms with Gasteiger partial charge in [-0.05, 0) is 42.5 Å². The van der Waals surface area contributed by atoms with Crippen LogP contribution >= 0.6 is 22.7 Å². The Bertz CT molecular complexity index is 1430. The Hall–Kier alpha value is -4.34. The van der Waals surface area contributed by atoms with Gasteiger partial charge in [0.2, 0.25) is 0 Å². The van der Waals surface area contributed by atoms with Crippen molar-refractivity contribution in [1.29, 1.82) is 15.8 Å². The Morgan fingerprint density at radius 3 is 2.47 bits per heavy atom. The molecule has 0 atom stereocenters. The lowest BCUT2D eigenvalue weighted by molar-refractivity contribution is 0.630. The van der Waals surface area contributed by atoms with E-state index in [9.17, 15) is 0 Å². The molecule has 0 aliphatic heterocycles. The third kappa shape index (κ3) is 3.65. The van der Waals surface area contributed by atoms with Crippen molar-refractivity contribution < 1.29 is 4.42 Å². The summed E-state index contributed by atoms with van der Waals surface area (Å²) < 4.78 is 6.85. The van der Waals surface area contributed by atoms with Crippen LogP contribution in [-0.2, 0) is 0 Å². The maximum Gasteiger partial charge on any atom is 0.263 e. The second-order valence-corrected chi connectivity index (χ2v) is 8.24. The third-order valence-electron chi connectivity index (χ3n) is 4.11. The van der Waals surface area contributed by atoms with Crippen LogP contribution in [0.4, 0.5) is 0 Å². The Morgan fingerprint density at radius 1 is 0.967 bits per heavy atom. The zero-order valence-corrected chi connectivity index (χ0v) is 16.8. The van der Waals surface area contributed by atoms with Crippen LogP contribution in [0.15, 0.2) is 52.1 Å². The number of fused-ring (bicyclic) bond motifs is 1. The van der Waals surface area contributed by atoms with Gasteiger partial charge in [0.05, 0.1) is 33.6 Å². The highest BCUT2D eigenvalue weighted by Gasteiger charge is 2.13. The van der Waals surface area contributed by atoms with Gasteiger partial charge in [-0.1, -0.05) is 0 Å². The normalized spacial score (nSPS) is 10.7. The fourth-order valence-electron chi connectivity index (χ4n) is 2.77. The number of rotatable bonds is 4. The maximum atomic E-state index is 8.89. The first-order valence-electron chi connectivity index (χ1n) is 8.47. The monoisotopic (exact) mass is 423 g/mol. The zero-order valence-electron chi connectivity index (χ0n) is 15.1. The average molecular weight is 423 g/mol. The number of nitriles is 3. The number of aromatic nitrogens is 1. The number of hydrogen-bond acceptors (Lipinski definition) is 6. The van der Waals surface area contributed by atoms with E-state index in [4.69, 9.17) is 26.8 Å². The molecule has 0 aliphatic carbocycles. The van der Waals surface area contributed by atoms with Gasteiger partial charge in [0.15, 0.2) is 5.76 Å². The molecule has 6 nitrogen and oxygen atoms in total. The summed E-state index contributed by atoms with van der Waals surface area (Å²) in [6.45, 7) is 6.97. The second-order valence-electron chi connectivity index (χ2n) is 6.01. The number of hydrogen-bond donors (Lipinski definition) is 1. The number of thiophene rings is 2. The van der Waals surface area contributed by atoms with E-state index in [2.05, 4.69) is 9.83 Å². The molecule has 4 aromatic heterocycles. The minimum absolute atomic E-state index is 0.0524. The molecule has 0 unspecified atom stereocenters. The van der Waals surface area contributed by atoms with Gasteiger partial charge in [-0.3, -0.25) is 0 Å².